The van der Waals surface area contributed by atoms with E-state index in [9.17, 15) is 31.5 Å². The van der Waals surface area contributed by atoms with E-state index in [1.807, 2.05) is 11.8 Å². The van der Waals surface area contributed by atoms with Gasteiger partial charge in [0.2, 0.25) is 11.8 Å². The molecule has 17 heteroatoms. The maximum Gasteiger partial charge on any atom is 0.393 e. The smallest absolute Gasteiger partial charge is 0.378 e. The summed E-state index contributed by atoms with van der Waals surface area (Å²) >= 11 is 0. The molecule has 250 valence electrons. The SMILES string of the molecule is CCn1nccc1C(=O)NC(c1cn2nc(CC3CC(C(F)(F)F)CNC3=O)c(N3CCOCC3)nc2n1)C1CCCC(F)(F)C1. The summed E-state index contributed by atoms with van der Waals surface area (Å²) in [4.78, 5) is 37.3. The molecule has 4 atom stereocenters. The van der Waals surface area contributed by atoms with Gasteiger partial charge in [-0.1, -0.05) is 0 Å². The maximum absolute atomic E-state index is 14.6. The molecule has 1 saturated carbocycles. The Balaban J connectivity index is 1.37. The van der Waals surface area contributed by atoms with Crippen LogP contribution < -0.4 is 15.5 Å². The number of hydrogen-bond donors (Lipinski definition) is 2. The minimum Gasteiger partial charge on any atom is -0.378 e. The van der Waals surface area contributed by atoms with Crippen molar-refractivity contribution in [3.8, 4) is 0 Å². The number of aryl methyl sites for hydroxylation is 1. The molecule has 3 aliphatic rings. The molecule has 2 saturated heterocycles. The normalized spacial score (nSPS) is 24.5. The van der Waals surface area contributed by atoms with E-state index < -0.39 is 60.7 Å². The number of anilines is 1. The van der Waals surface area contributed by atoms with Crippen molar-refractivity contribution in [1.82, 2.24) is 40.0 Å². The summed E-state index contributed by atoms with van der Waals surface area (Å²) in [6.07, 6.45) is -1.93. The molecular weight excluding hydrogens is 617 g/mol. The van der Waals surface area contributed by atoms with Crippen LogP contribution in [-0.4, -0.2) is 86.1 Å². The molecule has 46 heavy (non-hydrogen) atoms. The highest BCUT2D eigenvalue weighted by Gasteiger charge is 2.45. The van der Waals surface area contributed by atoms with Gasteiger partial charge in [-0.15, -0.1) is 0 Å². The number of ether oxygens (including phenoxy) is 1. The minimum atomic E-state index is -4.46. The molecule has 2 N–H and O–H groups in total. The van der Waals surface area contributed by atoms with E-state index in [-0.39, 0.29) is 42.8 Å². The fourth-order valence-corrected chi connectivity index (χ4v) is 6.65. The zero-order valence-electron chi connectivity index (χ0n) is 25.3. The molecule has 0 radical (unpaired) electrons. The van der Waals surface area contributed by atoms with E-state index in [4.69, 9.17) is 9.72 Å². The van der Waals surface area contributed by atoms with Crippen LogP contribution in [0.4, 0.5) is 27.8 Å². The molecule has 0 bridgehead atoms. The van der Waals surface area contributed by atoms with Crippen molar-refractivity contribution in [3.05, 3.63) is 35.5 Å². The van der Waals surface area contributed by atoms with Gasteiger partial charge in [0.1, 0.15) is 11.4 Å². The van der Waals surface area contributed by atoms with Crippen molar-refractivity contribution in [1.29, 1.82) is 0 Å². The van der Waals surface area contributed by atoms with Crippen LogP contribution in [0.5, 0.6) is 0 Å². The number of aromatic nitrogens is 6. The van der Waals surface area contributed by atoms with Gasteiger partial charge in [-0.25, -0.2) is 18.3 Å². The molecule has 5 heterocycles. The topological polar surface area (TPSA) is 132 Å². The Morgan fingerprint density at radius 1 is 1.24 bits per heavy atom. The second-order valence-corrected chi connectivity index (χ2v) is 12.2. The lowest BCUT2D eigenvalue weighted by molar-refractivity contribution is -0.183. The van der Waals surface area contributed by atoms with E-state index in [0.717, 1.165) is 0 Å². The first kappa shape index (κ1) is 32.1. The lowest BCUT2D eigenvalue weighted by Gasteiger charge is -2.34. The van der Waals surface area contributed by atoms with Gasteiger partial charge in [-0.05, 0) is 38.2 Å². The molecule has 3 fully saturated rings. The second-order valence-electron chi connectivity index (χ2n) is 12.2. The number of nitrogens with zero attached hydrogens (tertiary/aromatic N) is 7. The number of nitrogens with one attached hydrogen (secondary N) is 2. The van der Waals surface area contributed by atoms with Crippen LogP contribution in [0.25, 0.3) is 5.78 Å². The van der Waals surface area contributed by atoms with Crippen molar-refractivity contribution in [2.24, 2.45) is 17.8 Å². The average molecular weight is 654 g/mol. The van der Waals surface area contributed by atoms with E-state index in [1.165, 1.54) is 21.6 Å². The average Bonchev–Trinajstić information content (AvgIpc) is 3.67. The largest absolute Gasteiger partial charge is 0.393 e. The summed E-state index contributed by atoms with van der Waals surface area (Å²) in [6.45, 7) is 3.45. The molecule has 0 spiro atoms. The summed E-state index contributed by atoms with van der Waals surface area (Å²) < 4.78 is 78.3. The van der Waals surface area contributed by atoms with Crippen LogP contribution in [-0.2, 0) is 22.5 Å². The lowest BCUT2D eigenvalue weighted by atomic mass is 9.80. The number of imidazole rings is 1. The summed E-state index contributed by atoms with van der Waals surface area (Å²) in [7, 11) is 0. The van der Waals surface area contributed by atoms with Gasteiger partial charge in [0.15, 0.2) is 5.82 Å². The van der Waals surface area contributed by atoms with E-state index >= 15 is 0 Å². The Morgan fingerprint density at radius 2 is 2.02 bits per heavy atom. The molecule has 0 aromatic carbocycles. The monoisotopic (exact) mass is 653 g/mol. The fraction of sp³-hybridized carbons (Fsp3) is 0.655. The van der Waals surface area contributed by atoms with Crippen molar-refractivity contribution in [2.45, 2.75) is 70.1 Å². The van der Waals surface area contributed by atoms with Gasteiger partial charge in [0, 0.05) is 57.6 Å². The third kappa shape index (κ3) is 6.78. The van der Waals surface area contributed by atoms with Gasteiger partial charge in [0.05, 0.1) is 37.1 Å². The van der Waals surface area contributed by atoms with Crippen LogP contribution in [0, 0.1) is 17.8 Å². The third-order valence-corrected chi connectivity index (χ3v) is 9.06. The Labute approximate surface area is 261 Å². The molecular formula is C29H36F5N9O3. The summed E-state index contributed by atoms with van der Waals surface area (Å²) in [5, 5.41) is 14.1. The van der Waals surface area contributed by atoms with E-state index in [2.05, 4.69) is 25.8 Å². The van der Waals surface area contributed by atoms with Crippen LogP contribution in [0.1, 0.15) is 66.9 Å². The first-order valence-corrected chi connectivity index (χ1v) is 15.6. The van der Waals surface area contributed by atoms with E-state index in [0.29, 0.717) is 50.8 Å². The Morgan fingerprint density at radius 3 is 2.74 bits per heavy atom. The van der Waals surface area contributed by atoms with Crippen LogP contribution in [0.3, 0.4) is 0 Å². The predicted octanol–water partition coefficient (Wildman–Crippen LogP) is 3.33. The van der Waals surface area contributed by atoms with Crippen molar-refractivity contribution < 1.29 is 36.3 Å². The molecule has 3 aromatic heterocycles. The number of rotatable bonds is 8. The van der Waals surface area contributed by atoms with Crippen LogP contribution in [0.15, 0.2) is 18.5 Å². The van der Waals surface area contributed by atoms with Crippen molar-refractivity contribution >= 4 is 23.4 Å². The number of carbonyl (C=O) groups excluding carboxylic acids is 2. The van der Waals surface area contributed by atoms with Gasteiger partial charge in [-0.3, -0.25) is 14.3 Å². The predicted molar refractivity (Wildman–Crippen MR) is 153 cm³/mol. The molecule has 4 unspecified atom stereocenters. The molecule has 12 nitrogen and oxygen atoms in total. The van der Waals surface area contributed by atoms with Gasteiger partial charge < -0.3 is 20.3 Å². The number of carbonyl (C=O) groups is 2. The molecule has 3 aromatic rings. The van der Waals surface area contributed by atoms with Crippen LogP contribution in [0.2, 0.25) is 0 Å². The molecule has 2 amide bonds. The van der Waals surface area contributed by atoms with Gasteiger partial charge >= 0.3 is 6.18 Å². The Bertz CT molecular complexity index is 1570. The number of amides is 2. The summed E-state index contributed by atoms with van der Waals surface area (Å²) in [6, 6.07) is 0.637. The number of alkyl halides is 5. The highest BCUT2D eigenvalue weighted by atomic mass is 19.4. The standard InChI is InChI=1S/C29H36F5N9O3/c1-2-42-22(5-7-36-42)26(45)38-23(17-4-3-6-28(30,31)14-17)21-16-43-27(37-21)39-24(41-8-10-46-11-9-41)20(40-43)13-18-12-19(29(32,33)34)15-35-25(18)44/h5,7,16-19,23H,2-4,6,8-15H2,1H3,(H,35,44)(H,38,45). The zero-order valence-corrected chi connectivity index (χ0v) is 25.3. The molecule has 1 aliphatic carbocycles. The number of hydrogen-bond acceptors (Lipinski definition) is 8. The Hall–Kier alpha value is -3.89. The number of piperidine rings is 1. The summed E-state index contributed by atoms with van der Waals surface area (Å²) in [5.41, 5.74) is 0.851. The second kappa shape index (κ2) is 12.7. The zero-order chi connectivity index (χ0) is 32.6. The van der Waals surface area contributed by atoms with E-state index in [1.54, 1.807) is 6.07 Å². The Kier molecular flexibility index (Phi) is 8.87. The minimum absolute atomic E-state index is 0.0996. The fourth-order valence-electron chi connectivity index (χ4n) is 6.65. The lowest BCUT2D eigenvalue weighted by Crippen LogP contribution is -2.47. The van der Waals surface area contributed by atoms with Crippen molar-refractivity contribution in [2.75, 3.05) is 37.7 Å². The molecule has 2 aliphatic heterocycles. The molecule has 6 rings (SSSR count). The first-order chi connectivity index (χ1) is 21.9. The number of fused-ring (bicyclic) bond motifs is 1. The quantitative estimate of drug-likeness (QED) is 0.354. The third-order valence-electron chi connectivity index (χ3n) is 9.06. The highest BCUT2D eigenvalue weighted by Crippen LogP contribution is 2.42. The summed E-state index contributed by atoms with van der Waals surface area (Å²) in [5.74, 6) is -6.71. The van der Waals surface area contributed by atoms with Crippen molar-refractivity contribution in [3.63, 3.8) is 0 Å². The first-order valence-electron chi connectivity index (χ1n) is 15.6. The highest BCUT2D eigenvalue weighted by molar-refractivity contribution is 5.92. The van der Waals surface area contributed by atoms with Gasteiger partial charge in [0.25, 0.3) is 11.7 Å². The maximum atomic E-state index is 14.6. The van der Waals surface area contributed by atoms with Gasteiger partial charge in [-0.2, -0.15) is 28.4 Å². The number of morpholine rings is 1. The van der Waals surface area contributed by atoms with Crippen LogP contribution >= 0.6 is 0 Å². The number of halogens is 5.